The maximum absolute atomic E-state index is 15.2. The Morgan fingerprint density at radius 1 is 1.15 bits per heavy atom. The first-order valence-corrected chi connectivity index (χ1v) is 13.3. The van der Waals surface area contributed by atoms with Crippen LogP contribution in [-0.2, 0) is 11.8 Å². The third kappa shape index (κ3) is 6.26. The van der Waals surface area contributed by atoms with Crippen LogP contribution >= 0.6 is 0 Å². The summed E-state index contributed by atoms with van der Waals surface area (Å²) in [4.78, 5) is 37.7. The summed E-state index contributed by atoms with van der Waals surface area (Å²) in [6, 6.07) is 13.5. The number of anilines is 4. The Labute approximate surface area is 236 Å². The first kappa shape index (κ1) is 27.9. The van der Waals surface area contributed by atoms with Gasteiger partial charge in [0.15, 0.2) is 0 Å². The molecule has 1 atom stereocenters. The fraction of sp³-hybridized carbons (Fsp3) is 0.267. The van der Waals surface area contributed by atoms with Gasteiger partial charge in [0, 0.05) is 62.8 Å². The number of halogens is 1. The number of rotatable bonds is 8. The van der Waals surface area contributed by atoms with Crippen LogP contribution in [0.15, 0.2) is 72.2 Å². The number of pyridine rings is 1. The number of carbonyl (C=O) groups excluding carboxylic acids is 1. The molecule has 10 nitrogen and oxygen atoms in total. The lowest BCUT2D eigenvalue weighted by molar-refractivity contribution is -0.111. The topological polar surface area (TPSA) is 116 Å². The fourth-order valence-corrected chi connectivity index (χ4v) is 4.98. The van der Waals surface area contributed by atoms with E-state index in [4.69, 9.17) is 0 Å². The Bertz CT molecular complexity index is 1660. The number of β-amino-alcohol motifs (C(OH)–C–C–N with tert-alkyl or cyclic N) is 1. The van der Waals surface area contributed by atoms with E-state index in [1.54, 1.807) is 50.5 Å². The van der Waals surface area contributed by atoms with Crippen LogP contribution in [0.4, 0.5) is 27.4 Å². The second kappa shape index (κ2) is 11.9. The maximum atomic E-state index is 15.2. The maximum Gasteiger partial charge on any atom is 0.251 e. The van der Waals surface area contributed by atoms with E-state index in [9.17, 15) is 14.7 Å². The minimum Gasteiger partial charge on any atom is -0.392 e. The molecule has 1 aliphatic rings. The molecule has 1 unspecified atom stereocenters. The van der Waals surface area contributed by atoms with Crippen LogP contribution < -0.4 is 21.1 Å². The van der Waals surface area contributed by atoms with E-state index in [1.807, 2.05) is 11.0 Å². The largest absolute Gasteiger partial charge is 0.392 e. The van der Waals surface area contributed by atoms with Gasteiger partial charge in [-0.2, -0.15) is 0 Å². The number of aliphatic hydroxyl groups is 1. The molecule has 212 valence electrons. The molecule has 0 radical (unpaired) electrons. The Kier molecular flexibility index (Phi) is 8.09. The third-order valence-corrected chi connectivity index (χ3v) is 7.05. The summed E-state index contributed by atoms with van der Waals surface area (Å²) in [6.07, 6.45) is 2.34. The molecule has 0 bridgehead atoms. The van der Waals surface area contributed by atoms with Gasteiger partial charge >= 0.3 is 0 Å². The summed E-state index contributed by atoms with van der Waals surface area (Å²) in [5.41, 5.74) is 3.61. The molecule has 11 heteroatoms. The van der Waals surface area contributed by atoms with Crippen molar-refractivity contribution in [3.8, 4) is 11.1 Å². The number of aliphatic hydroxyl groups excluding tert-OH is 1. The SMILES string of the molecule is C=CC(=O)Nc1cccc(-c2cc(=O)n(C)c3cnc(Nc4ccc(N5CCN(CC(C)O)CC5)c(F)c4)nc23)c1. The average molecular weight is 558 g/mol. The van der Waals surface area contributed by atoms with Crippen LogP contribution in [0.1, 0.15) is 6.92 Å². The van der Waals surface area contributed by atoms with Crippen LogP contribution in [0.2, 0.25) is 0 Å². The third-order valence-electron chi connectivity index (χ3n) is 7.05. The number of fused-ring (bicyclic) bond motifs is 1. The van der Waals surface area contributed by atoms with Crippen molar-refractivity contribution < 1.29 is 14.3 Å². The highest BCUT2D eigenvalue weighted by atomic mass is 19.1. The summed E-state index contributed by atoms with van der Waals surface area (Å²) >= 11 is 0. The lowest BCUT2D eigenvalue weighted by Gasteiger charge is -2.36. The van der Waals surface area contributed by atoms with Gasteiger partial charge in [0.25, 0.3) is 5.56 Å². The van der Waals surface area contributed by atoms with Gasteiger partial charge in [-0.1, -0.05) is 18.7 Å². The van der Waals surface area contributed by atoms with E-state index in [-0.39, 0.29) is 23.2 Å². The highest BCUT2D eigenvalue weighted by Gasteiger charge is 2.21. The number of aryl methyl sites for hydroxylation is 1. The summed E-state index contributed by atoms with van der Waals surface area (Å²) in [5, 5.41) is 15.4. The minimum absolute atomic E-state index is 0.235. The highest BCUT2D eigenvalue weighted by molar-refractivity contribution is 6.00. The van der Waals surface area contributed by atoms with Crippen molar-refractivity contribution in [3.05, 3.63) is 83.6 Å². The predicted octanol–water partition coefficient (Wildman–Crippen LogP) is 3.51. The van der Waals surface area contributed by atoms with Crippen LogP contribution in [0.3, 0.4) is 0 Å². The molecule has 1 saturated heterocycles. The van der Waals surface area contributed by atoms with Crippen molar-refractivity contribution in [3.63, 3.8) is 0 Å². The molecule has 0 spiro atoms. The molecule has 2 aromatic heterocycles. The number of hydrogen-bond acceptors (Lipinski definition) is 8. The van der Waals surface area contributed by atoms with Crippen LogP contribution in [0.25, 0.3) is 22.2 Å². The molecule has 1 fully saturated rings. The number of amides is 1. The van der Waals surface area contributed by atoms with Gasteiger partial charge in [0.2, 0.25) is 11.9 Å². The molecule has 5 rings (SSSR count). The van der Waals surface area contributed by atoms with Crippen molar-refractivity contribution >= 4 is 40.0 Å². The quantitative estimate of drug-likeness (QED) is 0.282. The first-order valence-electron chi connectivity index (χ1n) is 13.3. The van der Waals surface area contributed by atoms with Gasteiger partial charge in [-0.15, -0.1) is 0 Å². The standard InChI is InChI=1S/C30H32FN7O3/c1-4-27(40)33-21-7-5-6-20(14-21)23-16-28(41)36(3)26-17-32-30(35-29(23)26)34-22-8-9-25(24(31)15-22)38-12-10-37(11-13-38)18-19(2)39/h4-9,14-17,19,39H,1,10-13,18H2,2-3H3,(H,33,40)(H,32,34,35). The lowest BCUT2D eigenvalue weighted by atomic mass is 10.0. The van der Waals surface area contributed by atoms with Crippen molar-refractivity contribution in [2.45, 2.75) is 13.0 Å². The van der Waals surface area contributed by atoms with Gasteiger partial charge < -0.3 is 25.2 Å². The van der Waals surface area contributed by atoms with Gasteiger partial charge in [-0.3, -0.25) is 14.5 Å². The van der Waals surface area contributed by atoms with Gasteiger partial charge in [-0.25, -0.2) is 14.4 Å². The van der Waals surface area contributed by atoms with Crippen LogP contribution in [0, 0.1) is 5.82 Å². The molecule has 1 aliphatic heterocycles. The zero-order chi connectivity index (χ0) is 29.1. The van der Waals surface area contributed by atoms with E-state index >= 15 is 4.39 Å². The van der Waals surface area contributed by atoms with Crippen molar-refractivity contribution in [2.75, 3.05) is 48.3 Å². The van der Waals surface area contributed by atoms with E-state index in [0.717, 1.165) is 13.1 Å². The zero-order valence-electron chi connectivity index (χ0n) is 23.0. The number of nitrogens with zero attached hydrogens (tertiary/aromatic N) is 5. The Balaban J connectivity index is 1.41. The molecule has 4 aromatic rings. The van der Waals surface area contributed by atoms with Crippen molar-refractivity contribution in [1.82, 2.24) is 19.4 Å². The number of nitrogens with one attached hydrogen (secondary N) is 2. The monoisotopic (exact) mass is 557 g/mol. The summed E-state index contributed by atoms with van der Waals surface area (Å²) in [6.45, 7) is 8.70. The lowest BCUT2D eigenvalue weighted by Crippen LogP contribution is -2.48. The van der Waals surface area contributed by atoms with Crippen LogP contribution in [-0.4, -0.2) is 69.3 Å². The van der Waals surface area contributed by atoms with E-state index < -0.39 is 6.10 Å². The van der Waals surface area contributed by atoms with Gasteiger partial charge in [-0.05, 0) is 48.9 Å². The smallest absolute Gasteiger partial charge is 0.251 e. The number of benzene rings is 2. The number of carbonyl (C=O) groups is 1. The molecule has 3 heterocycles. The molecular weight excluding hydrogens is 525 g/mol. The van der Waals surface area contributed by atoms with Gasteiger partial charge in [0.1, 0.15) is 11.3 Å². The van der Waals surface area contributed by atoms with Crippen molar-refractivity contribution in [1.29, 1.82) is 0 Å². The molecular formula is C30H32FN7O3. The van der Waals surface area contributed by atoms with Gasteiger partial charge in [0.05, 0.1) is 23.5 Å². The minimum atomic E-state index is -0.392. The van der Waals surface area contributed by atoms with E-state index in [1.165, 1.54) is 22.8 Å². The number of hydrogen-bond donors (Lipinski definition) is 3. The van der Waals surface area contributed by atoms with Crippen LogP contribution in [0.5, 0.6) is 0 Å². The molecule has 41 heavy (non-hydrogen) atoms. The number of aromatic nitrogens is 3. The number of piperazine rings is 1. The van der Waals surface area contributed by atoms with E-state index in [2.05, 4.69) is 32.1 Å². The molecule has 2 aromatic carbocycles. The summed E-state index contributed by atoms with van der Waals surface area (Å²) in [7, 11) is 1.64. The fourth-order valence-electron chi connectivity index (χ4n) is 4.98. The molecule has 0 aliphatic carbocycles. The molecule has 0 saturated carbocycles. The molecule has 3 N–H and O–H groups in total. The zero-order valence-corrected chi connectivity index (χ0v) is 23.0. The Morgan fingerprint density at radius 2 is 1.93 bits per heavy atom. The Hall–Kier alpha value is -4.61. The first-order chi connectivity index (χ1) is 19.7. The normalized spacial score (nSPS) is 14.6. The predicted molar refractivity (Wildman–Crippen MR) is 159 cm³/mol. The summed E-state index contributed by atoms with van der Waals surface area (Å²) in [5.74, 6) is -0.463. The van der Waals surface area contributed by atoms with E-state index in [0.29, 0.717) is 58.9 Å². The summed E-state index contributed by atoms with van der Waals surface area (Å²) < 4.78 is 16.6. The second-order valence-corrected chi connectivity index (χ2v) is 10.1. The second-order valence-electron chi connectivity index (χ2n) is 10.1. The average Bonchev–Trinajstić information content (AvgIpc) is 2.95. The molecule has 1 amide bonds. The Morgan fingerprint density at radius 3 is 2.63 bits per heavy atom. The highest BCUT2D eigenvalue weighted by Crippen LogP contribution is 2.30. The van der Waals surface area contributed by atoms with Crippen molar-refractivity contribution in [2.24, 2.45) is 7.05 Å².